The molecule has 0 bridgehead atoms. The van der Waals surface area contributed by atoms with E-state index in [1.54, 1.807) is 18.3 Å². The molecule has 7 nitrogen and oxygen atoms in total. The molecule has 0 aliphatic heterocycles. The third-order valence-corrected chi connectivity index (χ3v) is 8.69. The fourth-order valence-corrected chi connectivity index (χ4v) is 5.95. The van der Waals surface area contributed by atoms with Crippen LogP contribution in [0.15, 0.2) is 83.5 Å². The molecule has 0 radical (unpaired) electrons. The molecule has 1 N–H and O–H groups in total. The number of carbonyl (C=O) groups excluding carboxylic acids is 2. The molecule has 0 unspecified atom stereocenters. The Labute approximate surface area is 256 Å². The highest BCUT2D eigenvalue weighted by Crippen LogP contribution is 2.46. The van der Waals surface area contributed by atoms with Gasteiger partial charge in [-0.25, -0.2) is 4.39 Å². The lowest BCUT2D eigenvalue weighted by Gasteiger charge is -2.24. The maximum Gasteiger partial charge on any atom is 0.251 e. The predicted octanol–water partition coefficient (Wildman–Crippen LogP) is 7.75. The number of amides is 1. The van der Waals surface area contributed by atoms with Crippen LogP contribution in [0.3, 0.4) is 0 Å². The largest absolute Gasteiger partial charge is 0.455 e. The van der Waals surface area contributed by atoms with Crippen LogP contribution in [0.4, 0.5) is 10.1 Å². The van der Waals surface area contributed by atoms with Crippen molar-refractivity contribution in [2.45, 2.75) is 46.6 Å². The number of anilines is 1. The molecule has 1 amide bonds. The molecule has 44 heavy (non-hydrogen) atoms. The van der Waals surface area contributed by atoms with E-state index >= 15 is 0 Å². The maximum absolute atomic E-state index is 13.7. The van der Waals surface area contributed by atoms with Gasteiger partial charge < -0.3 is 14.6 Å². The monoisotopic (exact) mass is 592 g/mol. The lowest BCUT2D eigenvalue weighted by atomic mass is 9.95. The normalized spacial score (nSPS) is 13.6. The number of rotatable bonds is 12. The van der Waals surface area contributed by atoms with E-state index in [1.165, 1.54) is 12.1 Å². The highest BCUT2D eigenvalue weighted by molar-refractivity contribution is 6.13. The molecule has 0 saturated heterocycles. The van der Waals surface area contributed by atoms with Crippen LogP contribution in [0.2, 0.25) is 0 Å². The summed E-state index contributed by atoms with van der Waals surface area (Å²) in [7, 11) is 0. The van der Waals surface area contributed by atoms with Gasteiger partial charge in [0, 0.05) is 84.2 Å². The van der Waals surface area contributed by atoms with Gasteiger partial charge in [-0.1, -0.05) is 19.1 Å². The second-order valence-electron chi connectivity index (χ2n) is 11.6. The summed E-state index contributed by atoms with van der Waals surface area (Å²) in [4.78, 5) is 28.9. The van der Waals surface area contributed by atoms with Crippen molar-refractivity contribution in [3.63, 3.8) is 0 Å². The minimum Gasteiger partial charge on any atom is -0.455 e. The molecule has 1 aliphatic carbocycles. The van der Waals surface area contributed by atoms with Crippen molar-refractivity contribution in [1.29, 1.82) is 0 Å². The molecular weight excluding hydrogens is 555 g/mol. The summed E-state index contributed by atoms with van der Waals surface area (Å²) >= 11 is 0. The van der Waals surface area contributed by atoms with Crippen LogP contribution in [0.1, 0.15) is 60.7 Å². The van der Waals surface area contributed by atoms with E-state index in [2.05, 4.69) is 29.2 Å². The summed E-state index contributed by atoms with van der Waals surface area (Å²) in [5.74, 6) is -0.0881. The molecule has 0 spiro atoms. The van der Waals surface area contributed by atoms with Crippen molar-refractivity contribution in [2.24, 2.45) is 5.41 Å². The Hall–Kier alpha value is -4.72. The van der Waals surface area contributed by atoms with E-state index in [-0.39, 0.29) is 22.9 Å². The third kappa shape index (κ3) is 5.76. The zero-order valence-corrected chi connectivity index (χ0v) is 25.4. The first kappa shape index (κ1) is 29.4. The van der Waals surface area contributed by atoms with Gasteiger partial charge in [0.25, 0.3) is 5.91 Å². The minimum absolute atomic E-state index is 0.0476. The number of furan rings is 1. The number of hydrogen-bond acceptors (Lipinski definition) is 5. The van der Waals surface area contributed by atoms with Gasteiger partial charge in [-0.3, -0.25) is 14.3 Å². The van der Waals surface area contributed by atoms with Crippen LogP contribution in [0, 0.1) is 11.2 Å². The van der Waals surface area contributed by atoms with Gasteiger partial charge in [0.2, 0.25) is 0 Å². The Morgan fingerprint density at radius 2 is 1.77 bits per heavy atom. The molecule has 0 atom stereocenters. The Bertz CT molecular complexity index is 1800. The summed E-state index contributed by atoms with van der Waals surface area (Å²) in [6, 6.07) is 19.5. The SMILES string of the molecule is CCC(=O)c1c(-c2ccc(F)cc2)oc2cc(N(CC)CC)c(-c3cccc(C(=O)NCC4(Cn5cccn5)CC4)c3)cc12. The van der Waals surface area contributed by atoms with Gasteiger partial charge in [-0.15, -0.1) is 0 Å². The van der Waals surface area contributed by atoms with Crippen LogP contribution in [-0.4, -0.2) is 41.1 Å². The van der Waals surface area contributed by atoms with E-state index in [0.29, 0.717) is 46.4 Å². The predicted molar refractivity (Wildman–Crippen MR) is 171 cm³/mol. The van der Waals surface area contributed by atoms with Crippen LogP contribution in [0.5, 0.6) is 0 Å². The van der Waals surface area contributed by atoms with Gasteiger partial charge in [-0.2, -0.15) is 5.10 Å². The van der Waals surface area contributed by atoms with Crippen molar-refractivity contribution in [3.8, 4) is 22.5 Å². The van der Waals surface area contributed by atoms with E-state index < -0.39 is 0 Å². The molecule has 2 aromatic heterocycles. The van der Waals surface area contributed by atoms with E-state index in [0.717, 1.165) is 49.3 Å². The first-order chi connectivity index (χ1) is 21.3. The maximum atomic E-state index is 13.7. The van der Waals surface area contributed by atoms with Crippen molar-refractivity contribution in [1.82, 2.24) is 15.1 Å². The number of halogens is 1. The topological polar surface area (TPSA) is 80.4 Å². The number of ketones is 1. The van der Waals surface area contributed by atoms with Gasteiger partial charge >= 0.3 is 0 Å². The number of hydrogen-bond donors (Lipinski definition) is 1. The van der Waals surface area contributed by atoms with Gasteiger partial charge in [-0.05, 0) is 80.8 Å². The molecule has 1 saturated carbocycles. The summed E-state index contributed by atoms with van der Waals surface area (Å²) in [6.07, 6.45) is 6.15. The number of nitrogens with zero attached hydrogens (tertiary/aromatic N) is 3. The quantitative estimate of drug-likeness (QED) is 0.150. The van der Waals surface area contributed by atoms with E-state index in [1.807, 2.05) is 60.3 Å². The lowest BCUT2D eigenvalue weighted by molar-refractivity contribution is 0.0941. The van der Waals surface area contributed by atoms with Crippen molar-refractivity contribution in [2.75, 3.05) is 24.5 Å². The highest BCUT2D eigenvalue weighted by Gasteiger charge is 2.43. The summed E-state index contributed by atoms with van der Waals surface area (Å²) < 4.78 is 22.0. The van der Waals surface area contributed by atoms with Gasteiger partial charge in [0.1, 0.15) is 17.2 Å². The zero-order valence-electron chi connectivity index (χ0n) is 25.4. The van der Waals surface area contributed by atoms with Crippen molar-refractivity contribution in [3.05, 3.63) is 96.1 Å². The molecule has 2 heterocycles. The molecule has 1 aliphatic rings. The molecule has 3 aromatic carbocycles. The number of Topliss-reactive ketones (excluding diaryl/α,β-unsaturated/α-hetero) is 1. The Morgan fingerprint density at radius 3 is 2.43 bits per heavy atom. The second kappa shape index (κ2) is 12.1. The number of carbonyl (C=O) groups is 2. The van der Waals surface area contributed by atoms with E-state index in [9.17, 15) is 14.0 Å². The van der Waals surface area contributed by atoms with Gasteiger partial charge in [0.15, 0.2) is 5.78 Å². The Morgan fingerprint density at radius 1 is 1.00 bits per heavy atom. The van der Waals surface area contributed by atoms with Crippen LogP contribution in [0.25, 0.3) is 33.4 Å². The number of fused-ring (bicyclic) bond motifs is 1. The fraction of sp³-hybridized carbons (Fsp3) is 0.306. The first-order valence-corrected chi connectivity index (χ1v) is 15.4. The fourth-order valence-electron chi connectivity index (χ4n) is 5.95. The summed E-state index contributed by atoms with van der Waals surface area (Å²) in [6.45, 7) is 8.92. The molecule has 6 rings (SSSR count). The Kier molecular flexibility index (Phi) is 8.08. The van der Waals surface area contributed by atoms with E-state index in [4.69, 9.17) is 4.42 Å². The minimum atomic E-state index is -0.353. The highest BCUT2D eigenvalue weighted by atomic mass is 19.1. The first-order valence-electron chi connectivity index (χ1n) is 15.4. The average molecular weight is 593 g/mol. The van der Waals surface area contributed by atoms with Crippen molar-refractivity contribution < 1.29 is 18.4 Å². The average Bonchev–Trinajstić information content (AvgIpc) is 3.42. The third-order valence-electron chi connectivity index (χ3n) is 8.69. The smallest absolute Gasteiger partial charge is 0.251 e. The van der Waals surface area contributed by atoms with Crippen molar-refractivity contribution >= 4 is 28.3 Å². The lowest BCUT2D eigenvalue weighted by Crippen LogP contribution is -2.32. The summed E-state index contributed by atoms with van der Waals surface area (Å²) in [5, 5.41) is 8.19. The molecule has 5 aromatic rings. The molecule has 8 heteroatoms. The number of aromatic nitrogens is 2. The molecule has 1 fully saturated rings. The zero-order chi connectivity index (χ0) is 30.8. The van der Waals surface area contributed by atoms with Crippen LogP contribution in [-0.2, 0) is 6.54 Å². The number of nitrogens with one attached hydrogen (secondary N) is 1. The second-order valence-corrected chi connectivity index (χ2v) is 11.6. The number of benzene rings is 3. The Balaban J connectivity index is 1.39. The van der Waals surface area contributed by atoms with Crippen LogP contribution >= 0.6 is 0 Å². The van der Waals surface area contributed by atoms with Gasteiger partial charge in [0.05, 0.1) is 5.56 Å². The standard InChI is InChI=1S/C36H37FN4O3/c1-4-31(42)33-29-20-28(30(40(5-2)6-3)21-32(29)44-34(33)24-11-13-27(37)14-12-24)25-9-7-10-26(19-25)35(43)38-22-36(15-16-36)23-41-18-8-17-39-41/h7-14,17-21H,4-6,15-16,22-23H2,1-3H3,(H,38,43). The summed E-state index contributed by atoms with van der Waals surface area (Å²) in [5.41, 5.74) is 5.08. The molecule has 226 valence electrons. The van der Waals surface area contributed by atoms with Crippen LogP contribution < -0.4 is 10.2 Å². The molecular formula is C36H37FN4O3.